The van der Waals surface area contributed by atoms with Crippen LogP contribution >= 0.6 is 0 Å². The van der Waals surface area contributed by atoms with Crippen molar-refractivity contribution in [1.82, 2.24) is 10.2 Å². The summed E-state index contributed by atoms with van der Waals surface area (Å²) in [6, 6.07) is 0. The van der Waals surface area contributed by atoms with Gasteiger partial charge in [-0.15, -0.1) is 0 Å². The van der Waals surface area contributed by atoms with Gasteiger partial charge in [-0.25, -0.2) is 0 Å². The van der Waals surface area contributed by atoms with E-state index in [1.807, 2.05) is 24.2 Å². The molecule has 0 atom stereocenters. The maximum absolute atomic E-state index is 11.6. The summed E-state index contributed by atoms with van der Waals surface area (Å²) in [4.78, 5) is 23.9. The van der Waals surface area contributed by atoms with Gasteiger partial charge in [0.1, 0.15) is 6.61 Å². The van der Waals surface area contributed by atoms with Gasteiger partial charge < -0.3 is 15.0 Å². The van der Waals surface area contributed by atoms with Crippen LogP contribution in [0.4, 0.5) is 0 Å². The number of ether oxygens (including phenoxy) is 1. The van der Waals surface area contributed by atoms with Gasteiger partial charge in [0, 0.05) is 25.7 Å². The molecule has 5 nitrogen and oxygen atoms in total. The minimum absolute atomic E-state index is 0.122. The highest BCUT2D eigenvalue weighted by Gasteiger charge is 2.10. The quantitative estimate of drug-likeness (QED) is 0.554. The highest BCUT2D eigenvalue weighted by Crippen LogP contribution is 2.09. The van der Waals surface area contributed by atoms with Crippen LogP contribution in [0, 0.1) is 0 Å². The molecule has 1 aliphatic rings. The number of carbonyl (C=O) groups is 2. The first-order valence-electron chi connectivity index (χ1n) is 5.10. The third-order valence-corrected chi connectivity index (χ3v) is 2.02. The van der Waals surface area contributed by atoms with Gasteiger partial charge in [0.15, 0.2) is 0 Å². The molecule has 5 heteroatoms. The Bertz CT molecular complexity index is 334. The number of carbonyl (C=O) groups excluding carboxylic acids is 2. The van der Waals surface area contributed by atoms with Crippen molar-refractivity contribution in [2.24, 2.45) is 0 Å². The zero-order valence-corrected chi connectivity index (χ0v) is 9.53. The molecule has 1 N–H and O–H groups in total. The molecular weight excluding hydrogens is 208 g/mol. The molecular formula is C11H16N2O3. The summed E-state index contributed by atoms with van der Waals surface area (Å²) < 4.78 is 4.70. The van der Waals surface area contributed by atoms with Crippen LogP contribution in [0.15, 0.2) is 24.0 Å². The Morgan fingerprint density at radius 2 is 2.31 bits per heavy atom. The van der Waals surface area contributed by atoms with Crippen molar-refractivity contribution in [2.75, 3.05) is 20.2 Å². The first-order valence-corrected chi connectivity index (χ1v) is 5.10. The van der Waals surface area contributed by atoms with Gasteiger partial charge in [-0.05, 0) is 12.6 Å². The molecule has 0 aliphatic carbocycles. The molecule has 1 aliphatic heterocycles. The predicted octanol–water partition coefficient (Wildman–Crippen LogP) is 0.399. The number of nitrogens with zero attached hydrogens (tertiary/aromatic N) is 1. The second-order valence-corrected chi connectivity index (χ2v) is 3.50. The fourth-order valence-corrected chi connectivity index (χ4v) is 1.31. The van der Waals surface area contributed by atoms with Crippen molar-refractivity contribution in [3.05, 3.63) is 24.0 Å². The van der Waals surface area contributed by atoms with E-state index in [9.17, 15) is 9.59 Å². The summed E-state index contributed by atoms with van der Waals surface area (Å²) in [5.74, 6) is -0.461. The lowest BCUT2D eigenvalue weighted by Gasteiger charge is -2.16. The van der Waals surface area contributed by atoms with Gasteiger partial charge in [-0.2, -0.15) is 0 Å². The predicted molar refractivity (Wildman–Crippen MR) is 59.2 cm³/mol. The van der Waals surface area contributed by atoms with E-state index < -0.39 is 0 Å². The molecule has 0 saturated carbocycles. The molecule has 1 rings (SSSR count). The van der Waals surface area contributed by atoms with E-state index in [1.165, 1.54) is 6.92 Å². The van der Waals surface area contributed by atoms with Gasteiger partial charge >= 0.3 is 5.97 Å². The van der Waals surface area contributed by atoms with E-state index in [-0.39, 0.29) is 18.5 Å². The fraction of sp³-hybridized carbons (Fsp3) is 0.455. The molecule has 88 valence electrons. The van der Waals surface area contributed by atoms with Crippen LogP contribution in [0.3, 0.4) is 0 Å². The second-order valence-electron chi connectivity index (χ2n) is 3.50. The molecule has 1 amide bonds. The van der Waals surface area contributed by atoms with E-state index in [0.717, 1.165) is 0 Å². The molecule has 0 aromatic rings. The summed E-state index contributed by atoms with van der Waals surface area (Å²) >= 11 is 0. The topological polar surface area (TPSA) is 58.6 Å². The summed E-state index contributed by atoms with van der Waals surface area (Å²) in [6.45, 7) is 1.88. The largest absolute Gasteiger partial charge is 0.464 e. The van der Waals surface area contributed by atoms with Gasteiger partial charge in [0.2, 0.25) is 5.91 Å². The highest BCUT2D eigenvalue weighted by molar-refractivity contribution is 5.93. The smallest absolute Gasteiger partial charge is 0.302 e. The van der Waals surface area contributed by atoms with Crippen molar-refractivity contribution in [3.8, 4) is 0 Å². The van der Waals surface area contributed by atoms with Crippen LogP contribution in [0.25, 0.3) is 0 Å². The molecule has 0 bridgehead atoms. The minimum Gasteiger partial charge on any atom is -0.464 e. The van der Waals surface area contributed by atoms with E-state index in [4.69, 9.17) is 4.74 Å². The number of hydrogen-bond donors (Lipinski definition) is 1. The number of amides is 1. The van der Waals surface area contributed by atoms with Gasteiger partial charge in [0.05, 0.1) is 6.54 Å². The monoisotopic (exact) mass is 224 g/mol. The summed E-state index contributed by atoms with van der Waals surface area (Å²) in [6.07, 6.45) is 6.22. The van der Waals surface area contributed by atoms with Crippen LogP contribution in [0.5, 0.6) is 0 Å². The average Bonchev–Trinajstić information content (AvgIpc) is 2.24. The van der Waals surface area contributed by atoms with Crippen LogP contribution < -0.4 is 5.32 Å². The van der Waals surface area contributed by atoms with E-state index in [1.54, 1.807) is 6.20 Å². The highest BCUT2D eigenvalue weighted by atomic mass is 16.5. The Balaban J connectivity index is 2.27. The maximum Gasteiger partial charge on any atom is 0.302 e. The van der Waals surface area contributed by atoms with Crippen LogP contribution in [0.1, 0.15) is 13.3 Å². The third-order valence-electron chi connectivity index (χ3n) is 2.02. The Morgan fingerprint density at radius 3 is 2.94 bits per heavy atom. The van der Waals surface area contributed by atoms with Crippen LogP contribution in [-0.2, 0) is 14.3 Å². The van der Waals surface area contributed by atoms with Gasteiger partial charge in [-0.1, -0.05) is 6.08 Å². The van der Waals surface area contributed by atoms with Crippen molar-refractivity contribution >= 4 is 11.9 Å². The Labute approximate surface area is 94.7 Å². The molecule has 0 spiro atoms. The SMILES string of the molecule is CC(=O)OCCNC(=O)C1=CN(C)C=CC1. The zero-order chi connectivity index (χ0) is 12.0. The standard InChI is InChI=1S/C11H16N2O3/c1-9(14)16-7-5-12-11(15)10-4-3-6-13(2)8-10/h3,6,8H,4-5,7H2,1-2H3,(H,12,15). The van der Waals surface area contributed by atoms with E-state index in [2.05, 4.69) is 5.32 Å². The fourth-order valence-electron chi connectivity index (χ4n) is 1.31. The average molecular weight is 224 g/mol. The van der Waals surface area contributed by atoms with E-state index in [0.29, 0.717) is 18.5 Å². The minimum atomic E-state index is -0.339. The number of hydrogen-bond acceptors (Lipinski definition) is 4. The lowest BCUT2D eigenvalue weighted by Crippen LogP contribution is -2.30. The lowest BCUT2D eigenvalue weighted by atomic mass is 10.1. The number of esters is 1. The summed E-state index contributed by atoms with van der Waals surface area (Å²) in [5.41, 5.74) is 0.702. The molecule has 0 fully saturated rings. The van der Waals surface area contributed by atoms with Crippen molar-refractivity contribution in [1.29, 1.82) is 0 Å². The molecule has 0 aromatic carbocycles. The third kappa shape index (κ3) is 4.16. The molecule has 0 saturated heterocycles. The van der Waals surface area contributed by atoms with Crippen LogP contribution in [-0.4, -0.2) is 37.0 Å². The second kappa shape index (κ2) is 5.95. The van der Waals surface area contributed by atoms with Gasteiger partial charge in [0.25, 0.3) is 0 Å². The summed E-state index contributed by atoms with van der Waals surface area (Å²) in [7, 11) is 1.86. The van der Waals surface area contributed by atoms with Crippen LogP contribution in [0.2, 0.25) is 0 Å². The van der Waals surface area contributed by atoms with E-state index >= 15 is 0 Å². The Hall–Kier alpha value is -1.78. The molecule has 1 heterocycles. The first-order chi connectivity index (χ1) is 7.59. The number of rotatable bonds is 4. The number of nitrogens with one attached hydrogen (secondary N) is 1. The zero-order valence-electron chi connectivity index (χ0n) is 9.53. The molecule has 0 radical (unpaired) electrons. The molecule has 0 aromatic heterocycles. The Kier molecular flexibility index (Phi) is 4.57. The summed E-state index contributed by atoms with van der Waals surface area (Å²) in [5, 5.41) is 2.68. The van der Waals surface area contributed by atoms with Crippen molar-refractivity contribution in [2.45, 2.75) is 13.3 Å². The van der Waals surface area contributed by atoms with Crippen molar-refractivity contribution < 1.29 is 14.3 Å². The lowest BCUT2D eigenvalue weighted by molar-refractivity contribution is -0.141. The Morgan fingerprint density at radius 1 is 1.56 bits per heavy atom. The molecule has 16 heavy (non-hydrogen) atoms. The van der Waals surface area contributed by atoms with Gasteiger partial charge in [-0.3, -0.25) is 9.59 Å². The first kappa shape index (κ1) is 12.3. The van der Waals surface area contributed by atoms with Crippen molar-refractivity contribution in [3.63, 3.8) is 0 Å². The normalized spacial score (nSPS) is 14.4. The number of allylic oxidation sites excluding steroid dienone is 1. The molecule has 0 unspecified atom stereocenters. The maximum atomic E-state index is 11.6.